The Morgan fingerprint density at radius 1 is 0.941 bits per heavy atom. The maximum absolute atomic E-state index is 14.1. The summed E-state index contributed by atoms with van der Waals surface area (Å²) in [5, 5.41) is 2.96. The summed E-state index contributed by atoms with van der Waals surface area (Å²) in [4.78, 5) is 67.6. The molecule has 1 fully saturated rings. The van der Waals surface area contributed by atoms with E-state index in [1.165, 1.54) is 9.80 Å². The molecule has 51 heavy (non-hydrogen) atoms. The molecule has 266 valence electrons. The second kappa shape index (κ2) is 15.8. The Morgan fingerprint density at radius 3 is 2.25 bits per heavy atom. The first-order chi connectivity index (χ1) is 24.4. The minimum absolute atomic E-state index is 0.124. The van der Waals surface area contributed by atoms with Gasteiger partial charge in [-0.3, -0.25) is 24.4 Å². The summed E-state index contributed by atoms with van der Waals surface area (Å²) in [6.07, 6.45) is 4.80. The van der Waals surface area contributed by atoms with E-state index in [-0.39, 0.29) is 19.0 Å². The maximum atomic E-state index is 14.1. The number of β-lactam (4-membered cyclic amide) rings is 1. The van der Waals surface area contributed by atoms with Crippen LogP contribution < -0.4 is 19.9 Å². The number of urea groups is 1. The Labute approximate surface area is 298 Å². The van der Waals surface area contributed by atoms with E-state index in [1.54, 1.807) is 89.9 Å². The van der Waals surface area contributed by atoms with Gasteiger partial charge in [0.15, 0.2) is 0 Å². The molecule has 0 bridgehead atoms. The molecular formula is C39H44N6O6. The number of benzene rings is 2. The molecule has 1 aliphatic rings. The van der Waals surface area contributed by atoms with Gasteiger partial charge < -0.3 is 19.7 Å². The molecule has 0 radical (unpaired) electrons. The van der Waals surface area contributed by atoms with Crippen molar-refractivity contribution in [1.29, 1.82) is 0 Å². The molecular weight excluding hydrogens is 648 g/mol. The van der Waals surface area contributed by atoms with Gasteiger partial charge in [-0.2, -0.15) is 0 Å². The first-order valence-corrected chi connectivity index (χ1v) is 16.8. The maximum Gasteiger partial charge on any atom is 0.416 e. The third-order valence-corrected chi connectivity index (χ3v) is 8.63. The van der Waals surface area contributed by atoms with Crippen molar-refractivity contribution in [2.45, 2.75) is 64.8 Å². The van der Waals surface area contributed by atoms with Gasteiger partial charge in [0.25, 0.3) is 5.91 Å². The molecule has 2 aromatic carbocycles. The van der Waals surface area contributed by atoms with Crippen molar-refractivity contribution >= 4 is 35.4 Å². The fourth-order valence-electron chi connectivity index (χ4n) is 5.93. The number of carbonyl (C=O) groups excluding carboxylic acids is 4. The van der Waals surface area contributed by atoms with Gasteiger partial charge >= 0.3 is 12.1 Å². The Bertz CT molecular complexity index is 1830. The van der Waals surface area contributed by atoms with Crippen molar-refractivity contribution in [2.75, 3.05) is 24.0 Å². The lowest BCUT2D eigenvalue weighted by atomic mass is 9.81. The van der Waals surface area contributed by atoms with Crippen LogP contribution in [-0.4, -0.2) is 64.6 Å². The molecule has 1 saturated heterocycles. The smallest absolute Gasteiger partial charge is 0.416 e. The molecule has 12 nitrogen and oxygen atoms in total. The van der Waals surface area contributed by atoms with E-state index >= 15 is 0 Å². The summed E-state index contributed by atoms with van der Waals surface area (Å²) >= 11 is 0. The molecule has 3 atom stereocenters. The largest absolute Gasteiger partial charge is 0.497 e. The standard InChI is InChI=1S/C39H44N6O6/c1-7-32(28-11-9-8-10-12-28)42-37(48)45-34(36(47)43(5)29-18-20-40-21-19-29)31(35(45)46)23-27-17-22-41-33(24-27)44(38(49)51-39(2,3)4)25-26-13-15-30(50-6)16-14-26/h8-22,24,31-32,34H,7,23,25H2,1-6H3,(H,42,48)/t31-,32-,34+/m1/s1. The number of likely N-dealkylation sites (tertiary alicyclic amines) is 1. The lowest BCUT2D eigenvalue weighted by Crippen LogP contribution is -2.70. The first-order valence-electron chi connectivity index (χ1n) is 16.8. The number of ether oxygens (including phenoxy) is 2. The van der Waals surface area contributed by atoms with Crippen LogP contribution in [0.25, 0.3) is 0 Å². The first kappa shape index (κ1) is 36.5. The molecule has 4 aromatic rings. The fourth-order valence-corrected chi connectivity index (χ4v) is 5.93. The molecule has 12 heteroatoms. The predicted octanol–water partition coefficient (Wildman–Crippen LogP) is 6.32. The van der Waals surface area contributed by atoms with Crippen LogP contribution in [0.5, 0.6) is 5.75 Å². The van der Waals surface area contributed by atoms with Crippen LogP contribution in [0.4, 0.5) is 21.1 Å². The molecule has 3 heterocycles. The molecule has 1 N–H and O–H groups in total. The highest BCUT2D eigenvalue weighted by Crippen LogP contribution is 2.34. The van der Waals surface area contributed by atoms with Crippen LogP contribution in [0.2, 0.25) is 0 Å². The number of amides is 5. The lowest BCUT2D eigenvalue weighted by Gasteiger charge is -2.46. The highest BCUT2D eigenvalue weighted by Gasteiger charge is 2.55. The zero-order valence-electron chi connectivity index (χ0n) is 29.8. The average Bonchev–Trinajstić information content (AvgIpc) is 3.13. The van der Waals surface area contributed by atoms with Crippen LogP contribution in [0, 0.1) is 5.92 Å². The number of rotatable bonds is 11. The Balaban J connectivity index is 1.43. The molecule has 1 aliphatic heterocycles. The van der Waals surface area contributed by atoms with Crippen LogP contribution >= 0.6 is 0 Å². The van der Waals surface area contributed by atoms with Crippen molar-refractivity contribution in [3.8, 4) is 5.75 Å². The second-order valence-electron chi connectivity index (χ2n) is 13.3. The topological polar surface area (TPSA) is 134 Å². The number of hydrogen-bond acceptors (Lipinski definition) is 8. The number of anilines is 2. The number of methoxy groups -OCH3 is 1. The van der Waals surface area contributed by atoms with Crippen molar-refractivity contribution in [3.63, 3.8) is 0 Å². The minimum atomic E-state index is -1.08. The van der Waals surface area contributed by atoms with Crippen LogP contribution in [0.15, 0.2) is 97.5 Å². The number of nitrogens with zero attached hydrogens (tertiary/aromatic N) is 5. The van der Waals surface area contributed by atoms with Crippen molar-refractivity contribution < 1.29 is 28.7 Å². The summed E-state index contributed by atoms with van der Waals surface area (Å²) in [6.45, 7) is 7.45. The zero-order valence-corrected chi connectivity index (χ0v) is 29.8. The Hall–Kier alpha value is -5.78. The molecule has 2 aromatic heterocycles. The van der Waals surface area contributed by atoms with Gasteiger partial charge in [-0.15, -0.1) is 0 Å². The number of hydrogen-bond donors (Lipinski definition) is 1. The van der Waals surface area contributed by atoms with Crippen LogP contribution in [-0.2, 0) is 27.3 Å². The summed E-state index contributed by atoms with van der Waals surface area (Å²) in [6, 6.07) is 21.5. The average molecular weight is 693 g/mol. The van der Waals surface area contributed by atoms with Crippen molar-refractivity contribution in [1.82, 2.24) is 20.2 Å². The number of likely N-dealkylation sites (N-methyl/N-ethyl adjacent to an activating group) is 1. The molecule has 5 rings (SSSR count). The van der Waals surface area contributed by atoms with Gasteiger partial charge in [0.1, 0.15) is 23.2 Å². The van der Waals surface area contributed by atoms with E-state index in [0.29, 0.717) is 29.2 Å². The van der Waals surface area contributed by atoms with Crippen LogP contribution in [0.1, 0.15) is 56.8 Å². The van der Waals surface area contributed by atoms with E-state index < -0.39 is 41.5 Å². The molecule has 0 unspecified atom stereocenters. The second-order valence-corrected chi connectivity index (χ2v) is 13.3. The van der Waals surface area contributed by atoms with Crippen molar-refractivity contribution in [3.05, 3.63) is 114 Å². The quantitative estimate of drug-likeness (QED) is 0.181. The number of aromatic nitrogens is 2. The summed E-state index contributed by atoms with van der Waals surface area (Å²) in [7, 11) is 3.19. The minimum Gasteiger partial charge on any atom is -0.497 e. The Kier molecular flexibility index (Phi) is 11.3. The Morgan fingerprint density at radius 2 is 1.63 bits per heavy atom. The highest BCUT2D eigenvalue weighted by atomic mass is 16.6. The number of imide groups is 1. The van der Waals surface area contributed by atoms with Gasteiger partial charge in [0.2, 0.25) is 5.91 Å². The van der Waals surface area contributed by atoms with Gasteiger partial charge in [-0.05, 0) is 86.7 Å². The zero-order chi connectivity index (χ0) is 36.7. The summed E-state index contributed by atoms with van der Waals surface area (Å²) in [5.74, 6) is -0.754. The third kappa shape index (κ3) is 8.69. The fraction of sp³-hybridized carbons (Fsp3) is 0.333. The molecule has 0 aliphatic carbocycles. The third-order valence-electron chi connectivity index (χ3n) is 8.63. The monoisotopic (exact) mass is 692 g/mol. The van der Waals surface area contributed by atoms with Crippen molar-refractivity contribution in [2.24, 2.45) is 5.92 Å². The lowest BCUT2D eigenvalue weighted by molar-refractivity contribution is -0.156. The van der Waals surface area contributed by atoms with E-state index in [4.69, 9.17) is 9.47 Å². The van der Waals surface area contributed by atoms with Crippen LogP contribution in [0.3, 0.4) is 0 Å². The van der Waals surface area contributed by atoms with Gasteiger partial charge in [0.05, 0.1) is 25.6 Å². The van der Waals surface area contributed by atoms with Gasteiger partial charge in [-0.1, -0.05) is 49.4 Å². The van der Waals surface area contributed by atoms with Gasteiger partial charge in [0, 0.05) is 31.3 Å². The predicted molar refractivity (Wildman–Crippen MR) is 193 cm³/mol. The van der Waals surface area contributed by atoms with E-state index in [1.807, 2.05) is 49.4 Å². The number of pyridine rings is 2. The molecule has 0 saturated carbocycles. The summed E-state index contributed by atoms with van der Waals surface area (Å²) in [5.41, 5.74) is 2.17. The molecule has 0 spiro atoms. The van der Waals surface area contributed by atoms with E-state index in [9.17, 15) is 19.2 Å². The van der Waals surface area contributed by atoms with Gasteiger partial charge in [-0.25, -0.2) is 14.6 Å². The normalized spacial score (nSPS) is 16.0. The highest BCUT2D eigenvalue weighted by molar-refractivity contribution is 6.12. The van der Waals surface area contributed by atoms with E-state index in [2.05, 4.69) is 15.3 Å². The summed E-state index contributed by atoms with van der Waals surface area (Å²) < 4.78 is 11.0. The number of nitrogens with one attached hydrogen (secondary N) is 1. The molecule has 5 amide bonds. The van der Waals surface area contributed by atoms with E-state index in [0.717, 1.165) is 16.0 Å². The SMILES string of the molecule is CC[C@@H](NC(=O)N1C(=O)[C@H](Cc2ccnc(N(Cc3ccc(OC)cc3)C(=O)OC(C)(C)C)c2)[C@H]1C(=O)N(C)c1ccncc1)c1ccccc1. The number of carbonyl (C=O) groups is 4.